The number of methoxy groups -OCH3 is 1. The van der Waals surface area contributed by atoms with Crippen molar-refractivity contribution in [2.24, 2.45) is 23.7 Å². The first-order chi connectivity index (χ1) is 11.8. The summed E-state index contributed by atoms with van der Waals surface area (Å²) in [7, 11) is -1.96. The van der Waals surface area contributed by atoms with Crippen molar-refractivity contribution in [2.75, 3.05) is 13.7 Å². The van der Waals surface area contributed by atoms with Crippen LogP contribution in [0.3, 0.4) is 0 Å². The lowest BCUT2D eigenvalue weighted by atomic mass is 9.50. The van der Waals surface area contributed by atoms with Crippen LogP contribution in [0.2, 0.25) is 0 Å². The molecule has 1 aromatic carbocycles. The summed E-state index contributed by atoms with van der Waals surface area (Å²) in [5.41, 5.74) is -0.0609. The van der Waals surface area contributed by atoms with Crippen LogP contribution >= 0.6 is 0 Å². The minimum absolute atomic E-state index is 0.112. The van der Waals surface area contributed by atoms with Gasteiger partial charge >= 0.3 is 0 Å². The van der Waals surface area contributed by atoms with E-state index in [2.05, 4.69) is 4.72 Å². The van der Waals surface area contributed by atoms with Crippen molar-refractivity contribution in [1.82, 2.24) is 4.72 Å². The van der Waals surface area contributed by atoms with E-state index in [4.69, 9.17) is 4.74 Å². The number of ether oxygens (including phenoxy) is 1. The molecule has 0 saturated heterocycles. The highest BCUT2D eigenvalue weighted by Gasteiger charge is 2.57. The molecule has 1 aromatic rings. The van der Waals surface area contributed by atoms with Gasteiger partial charge in [-0.2, -0.15) is 0 Å². The predicted molar refractivity (Wildman–Crippen MR) is 93.1 cm³/mol. The number of nitrogens with one attached hydrogen (secondary N) is 1. The fourth-order valence-electron chi connectivity index (χ4n) is 5.75. The van der Waals surface area contributed by atoms with E-state index < -0.39 is 21.4 Å². The molecule has 0 aliphatic heterocycles. The highest BCUT2D eigenvalue weighted by molar-refractivity contribution is 7.89. The fraction of sp³-hybridized carbons (Fsp3) is 0.684. The average Bonchev–Trinajstić information content (AvgIpc) is 2.57. The molecule has 0 spiro atoms. The summed E-state index contributed by atoms with van der Waals surface area (Å²) in [6.45, 7) is 1.87. The van der Waals surface area contributed by atoms with E-state index in [0.717, 1.165) is 37.5 Å². The number of aryl methyl sites for hydroxylation is 1. The van der Waals surface area contributed by atoms with Gasteiger partial charge in [0.1, 0.15) is 5.82 Å². The summed E-state index contributed by atoms with van der Waals surface area (Å²) in [5.74, 6) is 2.07. The Morgan fingerprint density at radius 2 is 1.76 bits per heavy atom. The Kier molecular flexibility index (Phi) is 4.21. The van der Waals surface area contributed by atoms with E-state index in [0.29, 0.717) is 23.9 Å². The number of sulfonamides is 1. The molecule has 138 valence electrons. The van der Waals surface area contributed by atoms with Gasteiger partial charge in [0.2, 0.25) is 10.0 Å². The average molecular weight is 367 g/mol. The molecule has 25 heavy (non-hydrogen) atoms. The van der Waals surface area contributed by atoms with Crippen LogP contribution in [0.1, 0.15) is 37.7 Å². The zero-order valence-corrected chi connectivity index (χ0v) is 15.6. The first-order valence-corrected chi connectivity index (χ1v) is 10.6. The molecular formula is C19H26FNO3S. The van der Waals surface area contributed by atoms with Crippen LogP contribution < -0.4 is 4.72 Å². The molecule has 6 heteroatoms. The third-order valence-electron chi connectivity index (χ3n) is 6.88. The van der Waals surface area contributed by atoms with E-state index in [1.807, 2.05) is 0 Å². The number of halogens is 1. The largest absolute Gasteiger partial charge is 0.376 e. The zero-order chi connectivity index (χ0) is 17.8. The van der Waals surface area contributed by atoms with Crippen LogP contribution in [-0.4, -0.2) is 27.7 Å². The third-order valence-corrected chi connectivity index (χ3v) is 8.28. The van der Waals surface area contributed by atoms with Gasteiger partial charge in [-0.05, 0) is 86.5 Å². The quantitative estimate of drug-likeness (QED) is 0.869. The second kappa shape index (κ2) is 6.03. The van der Waals surface area contributed by atoms with Crippen LogP contribution in [0, 0.1) is 36.4 Å². The number of hydrogen-bond acceptors (Lipinski definition) is 3. The van der Waals surface area contributed by atoms with Crippen LogP contribution in [0.5, 0.6) is 0 Å². The van der Waals surface area contributed by atoms with Crippen LogP contribution in [0.25, 0.3) is 0 Å². The first-order valence-electron chi connectivity index (χ1n) is 9.15. The third kappa shape index (κ3) is 2.82. The van der Waals surface area contributed by atoms with Crippen molar-refractivity contribution in [3.05, 3.63) is 29.6 Å². The van der Waals surface area contributed by atoms with Gasteiger partial charge in [0.15, 0.2) is 0 Å². The van der Waals surface area contributed by atoms with E-state index in [9.17, 15) is 12.8 Å². The summed E-state index contributed by atoms with van der Waals surface area (Å²) in [6, 6.07) is 3.91. The highest BCUT2D eigenvalue weighted by atomic mass is 32.2. The van der Waals surface area contributed by atoms with Gasteiger partial charge in [0, 0.05) is 13.7 Å². The number of benzene rings is 1. The minimum atomic E-state index is -3.68. The predicted octanol–water partition coefficient (Wildman–Crippen LogP) is 3.25. The summed E-state index contributed by atoms with van der Waals surface area (Å²) in [4.78, 5) is 0.112. The van der Waals surface area contributed by atoms with Crippen molar-refractivity contribution in [1.29, 1.82) is 0 Å². The van der Waals surface area contributed by atoms with Crippen molar-refractivity contribution in [3.63, 3.8) is 0 Å². The number of hydrogen-bond donors (Lipinski definition) is 1. The molecule has 4 aliphatic carbocycles. The maximum absolute atomic E-state index is 13.4. The normalized spacial score (nSPS) is 36.8. The lowest BCUT2D eigenvalue weighted by Crippen LogP contribution is -2.63. The Morgan fingerprint density at radius 1 is 1.16 bits per heavy atom. The molecule has 0 amide bonds. The molecule has 4 fully saturated rings. The molecule has 0 radical (unpaired) electrons. The monoisotopic (exact) mass is 367 g/mol. The molecule has 1 N–H and O–H groups in total. The van der Waals surface area contributed by atoms with Gasteiger partial charge in [0.25, 0.3) is 0 Å². The lowest BCUT2D eigenvalue weighted by molar-refractivity contribution is -0.185. The molecule has 5 rings (SSSR count). The Morgan fingerprint density at radius 3 is 2.28 bits per heavy atom. The van der Waals surface area contributed by atoms with Gasteiger partial charge in [-0.15, -0.1) is 0 Å². The molecule has 0 heterocycles. The standard InChI is InChI=1S/C19H26FNO3S/c1-12-5-17(3-4-18(12)20)25(22,23)21-11-19(24-2)15-7-13-6-14(9-15)10-16(19)8-13/h3-5,13-16,21H,6-11H2,1-2H3. The van der Waals surface area contributed by atoms with Crippen molar-refractivity contribution < 1.29 is 17.5 Å². The zero-order valence-electron chi connectivity index (χ0n) is 14.8. The second-order valence-electron chi connectivity index (χ2n) is 8.20. The highest BCUT2D eigenvalue weighted by Crippen LogP contribution is 2.59. The molecule has 0 unspecified atom stereocenters. The molecule has 4 saturated carbocycles. The van der Waals surface area contributed by atoms with Crippen molar-refractivity contribution in [3.8, 4) is 0 Å². The Balaban J connectivity index is 1.55. The Bertz CT molecular complexity index is 749. The molecule has 4 nitrogen and oxygen atoms in total. The van der Waals surface area contributed by atoms with Crippen molar-refractivity contribution in [2.45, 2.75) is 49.5 Å². The Labute approximate surface area is 149 Å². The molecule has 4 bridgehead atoms. The smallest absolute Gasteiger partial charge is 0.240 e. The molecular weight excluding hydrogens is 341 g/mol. The van der Waals surface area contributed by atoms with Crippen molar-refractivity contribution >= 4 is 10.0 Å². The summed E-state index contributed by atoms with van der Waals surface area (Å²) >= 11 is 0. The Hall–Kier alpha value is -0.980. The van der Waals surface area contributed by atoms with Crippen LogP contribution in [0.4, 0.5) is 4.39 Å². The van der Waals surface area contributed by atoms with Gasteiger partial charge in [-0.25, -0.2) is 17.5 Å². The van der Waals surface area contributed by atoms with E-state index in [1.165, 1.54) is 24.6 Å². The van der Waals surface area contributed by atoms with Gasteiger partial charge in [-0.3, -0.25) is 0 Å². The fourth-order valence-corrected chi connectivity index (χ4v) is 6.91. The van der Waals surface area contributed by atoms with Gasteiger partial charge < -0.3 is 4.74 Å². The second-order valence-corrected chi connectivity index (χ2v) is 9.97. The summed E-state index contributed by atoms with van der Waals surface area (Å²) in [6.07, 6.45) is 5.94. The lowest BCUT2D eigenvalue weighted by Gasteiger charge is -2.60. The SMILES string of the molecule is COC1(CNS(=O)(=O)c2ccc(F)c(C)c2)C2CC3CC(C2)CC1C3. The van der Waals surface area contributed by atoms with Crippen LogP contribution in [-0.2, 0) is 14.8 Å². The van der Waals surface area contributed by atoms with E-state index >= 15 is 0 Å². The van der Waals surface area contributed by atoms with E-state index in [1.54, 1.807) is 14.0 Å². The first kappa shape index (κ1) is 17.4. The maximum Gasteiger partial charge on any atom is 0.240 e. The number of rotatable bonds is 5. The molecule has 0 aromatic heterocycles. The molecule has 0 atom stereocenters. The summed E-state index contributed by atoms with van der Waals surface area (Å²) in [5, 5.41) is 0. The van der Waals surface area contributed by atoms with Crippen LogP contribution in [0.15, 0.2) is 23.1 Å². The maximum atomic E-state index is 13.4. The van der Waals surface area contributed by atoms with Gasteiger partial charge in [0.05, 0.1) is 10.5 Å². The summed E-state index contributed by atoms with van der Waals surface area (Å²) < 4.78 is 47.6. The topological polar surface area (TPSA) is 55.4 Å². The minimum Gasteiger partial charge on any atom is -0.376 e. The van der Waals surface area contributed by atoms with E-state index in [-0.39, 0.29) is 4.90 Å². The van der Waals surface area contributed by atoms with Gasteiger partial charge in [-0.1, -0.05) is 0 Å². The molecule has 4 aliphatic rings.